The highest BCUT2D eigenvalue weighted by Crippen LogP contribution is 2.21. The van der Waals surface area contributed by atoms with Crippen LogP contribution < -0.4 is 5.73 Å². The highest BCUT2D eigenvalue weighted by molar-refractivity contribution is 7.12. The maximum absolute atomic E-state index is 11.4. The first-order chi connectivity index (χ1) is 7.08. The van der Waals surface area contributed by atoms with Gasteiger partial charge in [-0.3, -0.25) is 4.79 Å². The van der Waals surface area contributed by atoms with Gasteiger partial charge in [-0.2, -0.15) is 4.99 Å². The molecule has 4 nitrogen and oxygen atoms in total. The summed E-state index contributed by atoms with van der Waals surface area (Å²) in [6.07, 6.45) is 1.81. The second kappa shape index (κ2) is 3.51. The number of likely N-dealkylation sites (N-methyl/N-ethyl adjacent to an activating group) is 1. The average molecular weight is 221 g/mol. The van der Waals surface area contributed by atoms with Crippen molar-refractivity contribution < 1.29 is 4.79 Å². The number of nitrogens with two attached hydrogens (primary N) is 1. The van der Waals surface area contributed by atoms with Gasteiger partial charge in [0.2, 0.25) is 5.96 Å². The zero-order chi connectivity index (χ0) is 11.0. The van der Waals surface area contributed by atoms with Crippen molar-refractivity contribution in [1.82, 2.24) is 4.90 Å². The summed E-state index contributed by atoms with van der Waals surface area (Å²) in [5.41, 5.74) is 6.06. The number of thiophene rings is 1. The van der Waals surface area contributed by atoms with Crippen molar-refractivity contribution >= 4 is 29.3 Å². The number of amides is 1. The molecule has 0 bridgehead atoms. The normalized spacial score (nSPS) is 18.8. The second-order valence-electron chi connectivity index (χ2n) is 3.31. The van der Waals surface area contributed by atoms with Crippen molar-refractivity contribution in [3.05, 3.63) is 27.6 Å². The first-order valence-corrected chi connectivity index (χ1v) is 5.30. The minimum Gasteiger partial charge on any atom is -0.369 e. The Kier molecular flexibility index (Phi) is 2.32. The van der Waals surface area contributed by atoms with E-state index >= 15 is 0 Å². The molecule has 1 aromatic rings. The molecule has 15 heavy (non-hydrogen) atoms. The predicted octanol–water partition coefficient (Wildman–Crippen LogP) is 1.18. The van der Waals surface area contributed by atoms with Gasteiger partial charge in [0.25, 0.3) is 5.91 Å². The molecule has 0 aromatic carbocycles. The lowest BCUT2D eigenvalue weighted by atomic mass is 10.3. The lowest BCUT2D eigenvalue weighted by molar-refractivity contribution is -0.114. The number of hydrogen-bond acceptors (Lipinski definition) is 4. The highest BCUT2D eigenvalue weighted by Gasteiger charge is 2.24. The fourth-order valence-corrected chi connectivity index (χ4v) is 2.14. The monoisotopic (exact) mass is 221 g/mol. The van der Waals surface area contributed by atoms with Crippen LogP contribution >= 0.6 is 11.3 Å². The van der Waals surface area contributed by atoms with Crippen LogP contribution in [0.25, 0.3) is 6.08 Å². The van der Waals surface area contributed by atoms with E-state index in [9.17, 15) is 4.79 Å². The summed E-state index contributed by atoms with van der Waals surface area (Å²) in [4.78, 5) is 18.9. The van der Waals surface area contributed by atoms with Crippen molar-refractivity contribution in [2.45, 2.75) is 6.92 Å². The Morgan fingerprint density at radius 3 is 2.73 bits per heavy atom. The van der Waals surface area contributed by atoms with E-state index in [1.807, 2.05) is 25.1 Å². The molecule has 0 saturated carbocycles. The standard InChI is InChI=1S/C10H11N3OS/c1-6-3-4-7(15-6)5-8-9(14)12-10(11)13(8)2/h3-5H,1-2H3,(H2,11,12,14)/b8-5+. The van der Waals surface area contributed by atoms with E-state index in [2.05, 4.69) is 4.99 Å². The van der Waals surface area contributed by atoms with Gasteiger partial charge in [0.05, 0.1) is 0 Å². The molecule has 2 rings (SSSR count). The molecule has 0 fully saturated rings. The van der Waals surface area contributed by atoms with Crippen molar-refractivity contribution in [3.8, 4) is 0 Å². The Morgan fingerprint density at radius 2 is 2.27 bits per heavy atom. The highest BCUT2D eigenvalue weighted by atomic mass is 32.1. The summed E-state index contributed by atoms with van der Waals surface area (Å²) in [5, 5.41) is 0. The van der Waals surface area contributed by atoms with Crippen molar-refractivity contribution in [2.75, 3.05) is 7.05 Å². The lowest BCUT2D eigenvalue weighted by Crippen LogP contribution is -2.28. The van der Waals surface area contributed by atoms with Crippen LogP contribution in [-0.2, 0) is 4.79 Å². The molecule has 1 aromatic heterocycles. The Morgan fingerprint density at radius 1 is 1.53 bits per heavy atom. The quantitative estimate of drug-likeness (QED) is 0.724. The van der Waals surface area contributed by atoms with Crippen LogP contribution in [0.15, 0.2) is 22.8 Å². The van der Waals surface area contributed by atoms with Crippen molar-refractivity contribution in [2.24, 2.45) is 10.7 Å². The van der Waals surface area contributed by atoms with Crippen molar-refractivity contribution in [1.29, 1.82) is 0 Å². The summed E-state index contributed by atoms with van der Waals surface area (Å²) in [5.74, 6) is -0.0272. The van der Waals surface area contributed by atoms with Crippen LogP contribution in [0.4, 0.5) is 0 Å². The van der Waals surface area contributed by atoms with E-state index < -0.39 is 0 Å². The molecule has 0 spiro atoms. The molecule has 0 saturated heterocycles. The Labute approximate surface area is 91.7 Å². The smallest absolute Gasteiger partial charge is 0.296 e. The molecule has 0 radical (unpaired) electrons. The van der Waals surface area contributed by atoms with Gasteiger partial charge < -0.3 is 10.6 Å². The van der Waals surface area contributed by atoms with Crippen LogP contribution in [0.1, 0.15) is 9.75 Å². The van der Waals surface area contributed by atoms with Gasteiger partial charge in [0, 0.05) is 16.8 Å². The number of aryl methyl sites for hydroxylation is 1. The van der Waals surface area contributed by atoms with Gasteiger partial charge in [0.15, 0.2) is 0 Å². The van der Waals surface area contributed by atoms with Gasteiger partial charge in [-0.05, 0) is 25.1 Å². The maximum atomic E-state index is 11.4. The van der Waals surface area contributed by atoms with E-state index in [0.29, 0.717) is 5.70 Å². The Hall–Kier alpha value is -1.62. The van der Waals surface area contributed by atoms with Gasteiger partial charge in [0.1, 0.15) is 5.70 Å². The predicted molar refractivity (Wildman–Crippen MR) is 61.4 cm³/mol. The van der Waals surface area contributed by atoms with E-state index in [1.54, 1.807) is 23.3 Å². The van der Waals surface area contributed by atoms with Crippen LogP contribution in [0.3, 0.4) is 0 Å². The van der Waals surface area contributed by atoms with Crippen LogP contribution in [0, 0.1) is 6.92 Å². The summed E-state index contributed by atoms with van der Waals surface area (Å²) < 4.78 is 0. The molecule has 0 unspecified atom stereocenters. The van der Waals surface area contributed by atoms with E-state index in [1.165, 1.54) is 4.88 Å². The fraction of sp³-hybridized carbons (Fsp3) is 0.200. The van der Waals surface area contributed by atoms with Gasteiger partial charge in [-0.1, -0.05) is 0 Å². The third-order valence-corrected chi connectivity index (χ3v) is 3.13. The molecule has 2 N–H and O–H groups in total. The first-order valence-electron chi connectivity index (χ1n) is 4.48. The molecular weight excluding hydrogens is 210 g/mol. The number of rotatable bonds is 1. The average Bonchev–Trinajstić information content (AvgIpc) is 2.67. The molecule has 1 aliphatic rings. The van der Waals surface area contributed by atoms with Gasteiger partial charge in [-0.25, -0.2) is 0 Å². The number of aliphatic imine (C=N–C) groups is 1. The molecule has 78 valence electrons. The number of carbonyl (C=O) groups is 1. The maximum Gasteiger partial charge on any atom is 0.296 e. The molecule has 5 heteroatoms. The minimum atomic E-state index is -0.277. The summed E-state index contributed by atoms with van der Waals surface area (Å²) in [6, 6.07) is 3.99. The van der Waals surface area contributed by atoms with Gasteiger partial charge in [-0.15, -0.1) is 11.3 Å². The molecule has 0 aliphatic carbocycles. The third-order valence-electron chi connectivity index (χ3n) is 2.18. The zero-order valence-electron chi connectivity index (χ0n) is 8.52. The zero-order valence-corrected chi connectivity index (χ0v) is 9.34. The SMILES string of the molecule is Cc1ccc(/C=C2\C(=O)N=C(N)N2C)s1. The van der Waals surface area contributed by atoms with Gasteiger partial charge >= 0.3 is 0 Å². The van der Waals surface area contributed by atoms with Crippen molar-refractivity contribution in [3.63, 3.8) is 0 Å². The van der Waals surface area contributed by atoms with Crippen LogP contribution in [0.2, 0.25) is 0 Å². The van der Waals surface area contributed by atoms with E-state index in [-0.39, 0.29) is 11.9 Å². The number of nitrogens with zero attached hydrogens (tertiary/aromatic N) is 2. The Balaban J connectivity index is 2.33. The lowest BCUT2D eigenvalue weighted by Gasteiger charge is -2.10. The summed E-state index contributed by atoms with van der Waals surface area (Å²) in [7, 11) is 1.73. The molecule has 2 heterocycles. The second-order valence-corrected chi connectivity index (χ2v) is 4.63. The summed E-state index contributed by atoms with van der Waals surface area (Å²) in [6.45, 7) is 2.03. The number of hydrogen-bond donors (Lipinski definition) is 1. The minimum absolute atomic E-state index is 0.250. The topological polar surface area (TPSA) is 58.7 Å². The van der Waals surface area contributed by atoms with E-state index in [0.717, 1.165) is 4.88 Å². The largest absolute Gasteiger partial charge is 0.369 e. The fourth-order valence-electron chi connectivity index (χ4n) is 1.33. The Bertz CT molecular complexity index is 473. The number of carbonyl (C=O) groups excluding carboxylic acids is 1. The number of guanidine groups is 1. The third kappa shape index (κ3) is 1.78. The molecular formula is C10H11N3OS. The van der Waals surface area contributed by atoms with E-state index in [4.69, 9.17) is 5.73 Å². The molecule has 1 amide bonds. The van der Waals surface area contributed by atoms with Crippen LogP contribution in [-0.4, -0.2) is 23.8 Å². The van der Waals surface area contributed by atoms with Crippen LogP contribution in [0.5, 0.6) is 0 Å². The summed E-state index contributed by atoms with van der Waals surface area (Å²) >= 11 is 1.63. The molecule has 0 atom stereocenters. The molecule has 1 aliphatic heterocycles. The first kappa shape index (κ1) is 9.92.